The van der Waals surface area contributed by atoms with Crippen LogP contribution in [-0.2, 0) is 11.4 Å². The van der Waals surface area contributed by atoms with Gasteiger partial charge in [0.2, 0.25) is 0 Å². The molecule has 0 amide bonds. The second kappa shape index (κ2) is 11.5. The van der Waals surface area contributed by atoms with E-state index in [4.69, 9.17) is 9.47 Å². The van der Waals surface area contributed by atoms with Crippen LogP contribution in [0.2, 0.25) is 0 Å². The summed E-state index contributed by atoms with van der Waals surface area (Å²) in [6.07, 6.45) is 1.94. The molecule has 1 aliphatic carbocycles. The molecular weight excluding hydrogens is 486 g/mol. The highest BCUT2D eigenvalue weighted by atomic mass is 19.1. The van der Waals surface area contributed by atoms with Crippen LogP contribution >= 0.6 is 0 Å². The molecule has 0 bridgehead atoms. The van der Waals surface area contributed by atoms with Crippen LogP contribution < -0.4 is 9.47 Å². The summed E-state index contributed by atoms with van der Waals surface area (Å²) in [5, 5.41) is 9.39. The topological polar surface area (TPSA) is 55.8 Å². The molecule has 3 aromatic rings. The Balaban J connectivity index is 1.60. The van der Waals surface area contributed by atoms with Crippen molar-refractivity contribution < 1.29 is 28.2 Å². The molecule has 0 heterocycles. The van der Waals surface area contributed by atoms with Gasteiger partial charge in [-0.2, -0.15) is 0 Å². The summed E-state index contributed by atoms with van der Waals surface area (Å²) in [7, 11) is 1.51. The predicted octanol–water partition coefficient (Wildman–Crippen LogP) is 8.50. The summed E-state index contributed by atoms with van der Waals surface area (Å²) in [6, 6.07) is 17.3. The average Bonchev–Trinajstić information content (AvgIpc) is 3.70. The summed E-state index contributed by atoms with van der Waals surface area (Å²) >= 11 is 0. The summed E-state index contributed by atoms with van der Waals surface area (Å²) in [5.74, 6) is 0.426. The van der Waals surface area contributed by atoms with Crippen molar-refractivity contribution in [1.29, 1.82) is 0 Å². The molecule has 0 aromatic heterocycles. The Morgan fingerprint density at radius 2 is 1.79 bits per heavy atom. The molecule has 0 radical (unpaired) electrons. The largest absolute Gasteiger partial charge is 0.497 e. The fraction of sp³-hybridized carbons (Fsp3) is 0.406. The highest BCUT2D eigenvalue weighted by molar-refractivity contribution is 5.70. The van der Waals surface area contributed by atoms with Crippen molar-refractivity contribution in [3.63, 3.8) is 0 Å². The maximum absolute atomic E-state index is 15.8. The van der Waals surface area contributed by atoms with Crippen molar-refractivity contribution in [1.82, 2.24) is 0 Å². The van der Waals surface area contributed by atoms with Gasteiger partial charge in [0.25, 0.3) is 0 Å². The van der Waals surface area contributed by atoms with Crippen molar-refractivity contribution in [2.24, 2.45) is 11.3 Å². The molecule has 4 nitrogen and oxygen atoms in total. The van der Waals surface area contributed by atoms with E-state index < -0.39 is 23.4 Å². The molecule has 1 fully saturated rings. The highest BCUT2D eigenvalue weighted by Crippen LogP contribution is 2.43. The Morgan fingerprint density at radius 1 is 1.03 bits per heavy atom. The fourth-order valence-corrected chi connectivity index (χ4v) is 4.79. The lowest BCUT2D eigenvalue weighted by molar-refractivity contribution is -0.137. The SMILES string of the molecule is COc1ccc(F)c(-c2ccc(COc3cccc([C@@H](CC(=O)O)CC4CC4)c3)cc2C(F)C(C)(C)C)c1. The minimum Gasteiger partial charge on any atom is -0.497 e. The zero-order valence-electron chi connectivity index (χ0n) is 22.5. The number of benzene rings is 3. The van der Waals surface area contributed by atoms with Gasteiger partial charge < -0.3 is 14.6 Å². The van der Waals surface area contributed by atoms with E-state index in [2.05, 4.69) is 0 Å². The molecule has 2 atom stereocenters. The van der Waals surface area contributed by atoms with Crippen LogP contribution in [0, 0.1) is 17.2 Å². The minimum absolute atomic E-state index is 0.0497. The lowest BCUT2D eigenvalue weighted by Gasteiger charge is -2.27. The van der Waals surface area contributed by atoms with Gasteiger partial charge in [0.05, 0.1) is 13.5 Å². The van der Waals surface area contributed by atoms with Crippen molar-refractivity contribution >= 4 is 5.97 Å². The molecular formula is C32H36F2O4. The normalized spacial score (nSPS) is 15.1. The average molecular weight is 523 g/mol. The second-order valence-corrected chi connectivity index (χ2v) is 11.3. The standard InChI is InChI=1S/C32H36F2O4/c1-32(2,3)31(34)28-15-21(10-12-26(28)27-18-24(37-4)11-13-29(27)33)19-38-25-7-5-6-22(16-25)23(17-30(35)36)14-20-8-9-20/h5-7,10-13,15-16,18,20,23,31H,8-9,14,17,19H2,1-4H3,(H,35,36)/t23-,31?/m1/s1. The Labute approximate surface area is 223 Å². The monoisotopic (exact) mass is 522 g/mol. The lowest BCUT2D eigenvalue weighted by atomic mass is 9.82. The molecule has 1 unspecified atom stereocenters. The van der Waals surface area contributed by atoms with Crippen LogP contribution in [0.4, 0.5) is 8.78 Å². The van der Waals surface area contributed by atoms with E-state index in [0.29, 0.717) is 28.5 Å². The van der Waals surface area contributed by atoms with Crippen LogP contribution in [0.5, 0.6) is 11.5 Å². The van der Waals surface area contributed by atoms with E-state index in [1.165, 1.54) is 19.2 Å². The Hall–Kier alpha value is -3.41. The zero-order valence-corrected chi connectivity index (χ0v) is 22.5. The number of ether oxygens (including phenoxy) is 2. The van der Waals surface area contributed by atoms with Crippen LogP contribution in [0.25, 0.3) is 11.1 Å². The number of carboxylic acids is 1. The van der Waals surface area contributed by atoms with E-state index in [1.54, 1.807) is 18.2 Å². The quantitative estimate of drug-likeness (QED) is 0.274. The molecule has 0 spiro atoms. The fourth-order valence-electron chi connectivity index (χ4n) is 4.79. The number of carbonyl (C=O) groups is 1. The number of halogens is 2. The number of hydrogen-bond acceptors (Lipinski definition) is 3. The van der Waals surface area contributed by atoms with Gasteiger partial charge in [0, 0.05) is 5.56 Å². The van der Waals surface area contributed by atoms with Gasteiger partial charge in [-0.15, -0.1) is 0 Å². The molecule has 3 aromatic carbocycles. The third kappa shape index (κ3) is 6.91. The maximum Gasteiger partial charge on any atom is 0.303 e. The van der Waals surface area contributed by atoms with Gasteiger partial charge >= 0.3 is 5.97 Å². The molecule has 1 aliphatic rings. The van der Waals surface area contributed by atoms with Crippen molar-refractivity contribution in [3.8, 4) is 22.6 Å². The van der Waals surface area contributed by atoms with E-state index in [-0.39, 0.29) is 24.5 Å². The molecule has 202 valence electrons. The molecule has 0 saturated heterocycles. The number of rotatable bonds is 11. The zero-order chi connectivity index (χ0) is 27.4. The van der Waals surface area contributed by atoms with Crippen molar-refractivity contribution in [3.05, 3.63) is 83.2 Å². The van der Waals surface area contributed by atoms with E-state index in [0.717, 1.165) is 30.4 Å². The first-order valence-electron chi connectivity index (χ1n) is 13.1. The van der Waals surface area contributed by atoms with Crippen LogP contribution in [0.15, 0.2) is 60.7 Å². The number of aliphatic carboxylic acids is 1. The van der Waals surface area contributed by atoms with Crippen LogP contribution in [0.1, 0.15) is 75.2 Å². The molecule has 6 heteroatoms. The number of alkyl halides is 1. The Bertz CT molecular complexity index is 1280. The summed E-state index contributed by atoms with van der Waals surface area (Å²) < 4.78 is 41.9. The van der Waals surface area contributed by atoms with Crippen LogP contribution in [-0.4, -0.2) is 18.2 Å². The summed E-state index contributed by atoms with van der Waals surface area (Å²) in [5.41, 5.74) is 2.17. The van der Waals surface area contributed by atoms with Gasteiger partial charge in [0.1, 0.15) is 30.1 Å². The number of carboxylic acid groups (broad SMARTS) is 1. The van der Waals surface area contributed by atoms with Gasteiger partial charge in [0.15, 0.2) is 0 Å². The van der Waals surface area contributed by atoms with Crippen LogP contribution in [0.3, 0.4) is 0 Å². The highest BCUT2D eigenvalue weighted by Gasteiger charge is 2.30. The molecule has 1 saturated carbocycles. The molecule has 4 rings (SSSR count). The Morgan fingerprint density at radius 3 is 2.45 bits per heavy atom. The Kier molecular flexibility index (Phi) is 8.39. The summed E-state index contributed by atoms with van der Waals surface area (Å²) in [4.78, 5) is 11.4. The minimum atomic E-state index is -1.34. The number of methoxy groups -OCH3 is 1. The van der Waals surface area contributed by atoms with Crippen molar-refractivity contribution in [2.45, 2.75) is 65.2 Å². The summed E-state index contributed by atoms with van der Waals surface area (Å²) in [6.45, 7) is 5.63. The molecule has 38 heavy (non-hydrogen) atoms. The van der Waals surface area contributed by atoms with Gasteiger partial charge in [-0.1, -0.05) is 57.9 Å². The molecule has 0 aliphatic heterocycles. The lowest BCUT2D eigenvalue weighted by Crippen LogP contribution is -2.15. The van der Waals surface area contributed by atoms with E-state index in [9.17, 15) is 14.3 Å². The predicted molar refractivity (Wildman–Crippen MR) is 145 cm³/mol. The first-order chi connectivity index (χ1) is 18.0. The van der Waals surface area contributed by atoms with Gasteiger partial charge in [-0.05, 0) is 82.3 Å². The third-order valence-corrected chi connectivity index (χ3v) is 7.08. The number of hydrogen-bond donors (Lipinski definition) is 1. The maximum atomic E-state index is 15.8. The van der Waals surface area contributed by atoms with Gasteiger partial charge in [-0.3, -0.25) is 4.79 Å². The van der Waals surface area contributed by atoms with E-state index in [1.807, 2.05) is 51.1 Å². The first kappa shape index (κ1) is 27.6. The van der Waals surface area contributed by atoms with E-state index >= 15 is 4.39 Å². The van der Waals surface area contributed by atoms with Gasteiger partial charge in [-0.25, -0.2) is 8.78 Å². The molecule has 1 N–H and O–H groups in total. The first-order valence-corrected chi connectivity index (χ1v) is 13.1. The smallest absolute Gasteiger partial charge is 0.303 e. The second-order valence-electron chi connectivity index (χ2n) is 11.3. The third-order valence-electron chi connectivity index (χ3n) is 7.08. The van der Waals surface area contributed by atoms with Crippen molar-refractivity contribution in [2.75, 3.05) is 7.11 Å².